The molecule has 0 saturated carbocycles. The minimum Gasteiger partial charge on any atom is -0.415 e. The molecule has 0 saturated heterocycles. The summed E-state index contributed by atoms with van der Waals surface area (Å²) in [5.41, 5.74) is -0.477. The molecule has 1 aromatic carbocycles. The molecule has 0 bridgehead atoms. The number of sulfonamides is 1. The molecule has 0 unspecified atom stereocenters. The Balaban J connectivity index is 0.000000207. The largest absolute Gasteiger partial charge is 0.416 e. The van der Waals surface area contributed by atoms with Gasteiger partial charge in [-0.3, -0.25) is 9.71 Å². The highest BCUT2D eigenvalue weighted by atomic mass is 32.2. The Kier molecular flexibility index (Phi) is 6.84. The highest BCUT2D eigenvalue weighted by molar-refractivity contribution is 7.92. The molecule has 0 aliphatic heterocycles. The summed E-state index contributed by atoms with van der Waals surface area (Å²) in [4.78, 5) is 3.80. The molecule has 0 fully saturated rings. The van der Waals surface area contributed by atoms with Gasteiger partial charge in [0.1, 0.15) is 0 Å². The number of alkyl halides is 5. The lowest BCUT2D eigenvalue weighted by Gasteiger charge is -2.09. The fraction of sp³-hybridized carbons (Fsp3) is 0.188. The van der Waals surface area contributed by atoms with E-state index in [4.69, 9.17) is 4.42 Å². The molecule has 0 spiro atoms. The molecule has 3 rings (SSSR count). The van der Waals surface area contributed by atoms with Crippen LogP contribution >= 0.6 is 0 Å². The Bertz CT molecular complexity index is 1040. The zero-order valence-electron chi connectivity index (χ0n) is 14.6. The minimum absolute atomic E-state index is 0.0494. The zero-order chi connectivity index (χ0) is 21.7. The molecule has 0 amide bonds. The van der Waals surface area contributed by atoms with Gasteiger partial charge in [0, 0.05) is 18.1 Å². The SMILES string of the molecule is CS(=O)(=O)Nc1cccc(C(F)(F)F)c1.FC(F)c1nnc(-c2cccnc2)o1. The summed E-state index contributed by atoms with van der Waals surface area (Å²) in [5.74, 6) is -0.628. The third-order valence-corrected chi connectivity index (χ3v) is 3.64. The first-order chi connectivity index (χ1) is 13.5. The fourth-order valence-electron chi connectivity index (χ4n) is 1.90. The molecule has 2 aromatic heterocycles. The summed E-state index contributed by atoms with van der Waals surface area (Å²) in [5, 5.41) is 6.67. The van der Waals surface area contributed by atoms with Crippen LogP contribution < -0.4 is 4.72 Å². The van der Waals surface area contributed by atoms with Gasteiger partial charge >= 0.3 is 12.6 Å². The maximum absolute atomic E-state index is 12.2. The maximum atomic E-state index is 12.2. The standard InChI is InChI=1S/C8H8F3NO2S.C8H5F2N3O/c1-15(13,14)12-7-4-2-3-6(5-7)8(9,10)11;9-6(10)8-13-12-7(14-8)5-2-1-3-11-4-5/h2-5,12H,1H3;1-4,6H. The van der Waals surface area contributed by atoms with Crippen molar-refractivity contribution in [1.29, 1.82) is 0 Å². The van der Waals surface area contributed by atoms with Crippen molar-refractivity contribution in [1.82, 2.24) is 15.2 Å². The van der Waals surface area contributed by atoms with Crippen LogP contribution in [0.3, 0.4) is 0 Å². The van der Waals surface area contributed by atoms with E-state index in [9.17, 15) is 30.4 Å². The Labute approximate surface area is 161 Å². The van der Waals surface area contributed by atoms with Crippen LogP contribution in [0, 0.1) is 0 Å². The summed E-state index contributed by atoms with van der Waals surface area (Å²) in [6.07, 6.45) is -3.33. The molecule has 3 aromatic rings. The van der Waals surface area contributed by atoms with Gasteiger partial charge in [-0.1, -0.05) is 6.07 Å². The van der Waals surface area contributed by atoms with Crippen LogP contribution in [0.5, 0.6) is 0 Å². The number of pyridine rings is 1. The Morgan fingerprint density at radius 2 is 1.83 bits per heavy atom. The number of rotatable bonds is 4. The Morgan fingerprint density at radius 3 is 2.34 bits per heavy atom. The number of nitrogens with one attached hydrogen (secondary N) is 1. The minimum atomic E-state index is -4.48. The van der Waals surface area contributed by atoms with Crippen LogP contribution in [0.1, 0.15) is 17.9 Å². The van der Waals surface area contributed by atoms with Crippen LogP contribution in [-0.2, 0) is 16.2 Å². The van der Waals surface area contributed by atoms with Crippen molar-refractivity contribution < 1.29 is 34.8 Å². The number of hydrogen-bond donors (Lipinski definition) is 1. The van der Waals surface area contributed by atoms with Crippen molar-refractivity contribution in [2.75, 3.05) is 11.0 Å². The van der Waals surface area contributed by atoms with Crippen LogP contribution in [0.15, 0.2) is 53.2 Å². The van der Waals surface area contributed by atoms with Crippen LogP contribution in [0.2, 0.25) is 0 Å². The molecule has 156 valence electrons. The van der Waals surface area contributed by atoms with E-state index >= 15 is 0 Å². The van der Waals surface area contributed by atoms with Crippen molar-refractivity contribution in [2.45, 2.75) is 12.6 Å². The van der Waals surface area contributed by atoms with Gasteiger partial charge in [0.25, 0.3) is 5.89 Å². The van der Waals surface area contributed by atoms with Gasteiger partial charge in [0.15, 0.2) is 0 Å². The monoisotopic (exact) mass is 436 g/mol. The molecular weight excluding hydrogens is 423 g/mol. The topological polar surface area (TPSA) is 98.0 Å². The van der Waals surface area contributed by atoms with E-state index < -0.39 is 34.1 Å². The summed E-state index contributed by atoms with van der Waals surface area (Å²) in [6.45, 7) is 0. The first kappa shape index (κ1) is 22.2. The van der Waals surface area contributed by atoms with Gasteiger partial charge in [-0.05, 0) is 30.3 Å². The maximum Gasteiger partial charge on any atom is 0.416 e. The fourth-order valence-corrected chi connectivity index (χ4v) is 2.46. The summed E-state index contributed by atoms with van der Waals surface area (Å²) >= 11 is 0. The van der Waals surface area contributed by atoms with Gasteiger partial charge in [-0.15, -0.1) is 10.2 Å². The highest BCUT2D eigenvalue weighted by Gasteiger charge is 2.30. The lowest BCUT2D eigenvalue weighted by atomic mass is 10.2. The first-order valence-electron chi connectivity index (χ1n) is 7.63. The van der Waals surface area contributed by atoms with E-state index in [1.54, 1.807) is 18.3 Å². The Hall–Kier alpha value is -3.09. The van der Waals surface area contributed by atoms with Crippen molar-refractivity contribution >= 4 is 15.7 Å². The number of anilines is 1. The number of nitrogens with zero attached hydrogens (tertiary/aromatic N) is 3. The lowest BCUT2D eigenvalue weighted by molar-refractivity contribution is -0.137. The highest BCUT2D eigenvalue weighted by Crippen LogP contribution is 2.30. The van der Waals surface area contributed by atoms with Gasteiger partial charge < -0.3 is 4.42 Å². The number of aromatic nitrogens is 3. The molecular formula is C16H13F5N4O3S. The summed E-state index contributed by atoms with van der Waals surface area (Å²) < 4.78 is 89.1. The molecule has 1 N–H and O–H groups in total. The van der Waals surface area contributed by atoms with E-state index in [2.05, 4.69) is 15.2 Å². The van der Waals surface area contributed by atoms with E-state index in [0.717, 1.165) is 24.5 Å². The number of halogens is 5. The molecule has 29 heavy (non-hydrogen) atoms. The van der Waals surface area contributed by atoms with Crippen LogP contribution in [0.25, 0.3) is 11.5 Å². The van der Waals surface area contributed by atoms with E-state index in [1.165, 1.54) is 12.3 Å². The number of benzene rings is 1. The van der Waals surface area contributed by atoms with Gasteiger partial charge in [-0.25, -0.2) is 8.42 Å². The van der Waals surface area contributed by atoms with Gasteiger partial charge in [0.2, 0.25) is 15.9 Å². The summed E-state index contributed by atoms with van der Waals surface area (Å²) in [7, 11) is -3.56. The average molecular weight is 436 g/mol. The number of hydrogen-bond acceptors (Lipinski definition) is 6. The quantitative estimate of drug-likeness (QED) is 0.617. The van der Waals surface area contributed by atoms with Crippen molar-refractivity contribution in [2.24, 2.45) is 0 Å². The van der Waals surface area contributed by atoms with E-state index in [0.29, 0.717) is 5.56 Å². The van der Waals surface area contributed by atoms with E-state index in [-0.39, 0.29) is 11.6 Å². The predicted octanol–water partition coefficient (Wildman–Crippen LogP) is 4.15. The van der Waals surface area contributed by atoms with Gasteiger partial charge in [-0.2, -0.15) is 22.0 Å². The predicted molar refractivity (Wildman–Crippen MR) is 92.4 cm³/mol. The average Bonchev–Trinajstić information content (AvgIpc) is 3.12. The molecule has 2 heterocycles. The van der Waals surface area contributed by atoms with Gasteiger partial charge in [0.05, 0.1) is 17.4 Å². The normalized spacial score (nSPS) is 11.7. The van der Waals surface area contributed by atoms with Crippen molar-refractivity contribution in [3.63, 3.8) is 0 Å². The Morgan fingerprint density at radius 1 is 1.10 bits per heavy atom. The molecule has 7 nitrogen and oxygen atoms in total. The van der Waals surface area contributed by atoms with Crippen LogP contribution in [0.4, 0.5) is 27.6 Å². The summed E-state index contributed by atoms with van der Waals surface area (Å²) in [6, 6.07) is 7.29. The first-order valence-corrected chi connectivity index (χ1v) is 9.52. The zero-order valence-corrected chi connectivity index (χ0v) is 15.4. The molecule has 0 aliphatic carbocycles. The molecule has 0 radical (unpaired) electrons. The second kappa shape index (κ2) is 8.94. The lowest BCUT2D eigenvalue weighted by Crippen LogP contribution is -2.11. The van der Waals surface area contributed by atoms with Crippen molar-refractivity contribution in [3.8, 4) is 11.5 Å². The molecule has 0 aliphatic rings. The smallest absolute Gasteiger partial charge is 0.415 e. The second-order valence-electron chi connectivity index (χ2n) is 5.44. The van der Waals surface area contributed by atoms with Crippen molar-refractivity contribution in [3.05, 3.63) is 60.2 Å². The third kappa shape index (κ3) is 7.10. The molecule has 13 heteroatoms. The third-order valence-electron chi connectivity index (χ3n) is 3.03. The molecule has 0 atom stereocenters. The van der Waals surface area contributed by atoms with E-state index in [1.807, 2.05) is 4.72 Å². The van der Waals surface area contributed by atoms with Crippen LogP contribution in [-0.4, -0.2) is 29.9 Å². The second-order valence-corrected chi connectivity index (χ2v) is 7.19.